The Morgan fingerprint density at radius 3 is 2.48 bits per heavy atom. The highest BCUT2D eigenvalue weighted by molar-refractivity contribution is 5.84. The third-order valence-corrected chi connectivity index (χ3v) is 4.22. The van der Waals surface area contributed by atoms with Crippen LogP contribution < -0.4 is 0 Å². The van der Waals surface area contributed by atoms with Gasteiger partial charge in [0.1, 0.15) is 5.67 Å². The van der Waals surface area contributed by atoms with Crippen LogP contribution in [0.4, 0.5) is 4.39 Å². The van der Waals surface area contributed by atoms with E-state index in [0.29, 0.717) is 12.6 Å². The summed E-state index contributed by atoms with van der Waals surface area (Å²) >= 11 is 0. The topological polar surface area (TPSA) is 31.4 Å². The van der Waals surface area contributed by atoms with E-state index in [9.17, 15) is 4.39 Å². The molecule has 1 N–H and O–H groups in total. The fourth-order valence-corrected chi connectivity index (χ4v) is 3.10. The quantitative estimate of drug-likeness (QED) is 0.725. The second-order valence-corrected chi connectivity index (χ2v) is 6.82. The molecule has 0 spiro atoms. The van der Waals surface area contributed by atoms with Crippen LogP contribution in [0.3, 0.4) is 0 Å². The van der Waals surface area contributed by atoms with Gasteiger partial charge in [-0.3, -0.25) is 4.90 Å². The Hall–Kier alpha value is -1.68. The van der Waals surface area contributed by atoms with Crippen molar-refractivity contribution in [3.63, 3.8) is 0 Å². The van der Waals surface area contributed by atoms with Crippen molar-refractivity contribution in [2.45, 2.75) is 66.2 Å². The van der Waals surface area contributed by atoms with Crippen LogP contribution in [-0.2, 0) is 13.0 Å². The van der Waals surface area contributed by atoms with Crippen LogP contribution in [0, 0.1) is 0 Å². The van der Waals surface area contributed by atoms with Crippen molar-refractivity contribution < 1.29 is 4.39 Å². The van der Waals surface area contributed by atoms with Crippen LogP contribution >= 0.6 is 0 Å². The number of nitrogens with zero attached hydrogens (tertiary/aromatic N) is 2. The summed E-state index contributed by atoms with van der Waals surface area (Å²) in [5.74, 6) is 0. The predicted molar refractivity (Wildman–Crippen MR) is 108 cm³/mol. The zero-order chi connectivity index (χ0) is 19.0. The van der Waals surface area contributed by atoms with E-state index in [1.54, 1.807) is 27.1 Å². The van der Waals surface area contributed by atoms with Gasteiger partial charge in [0.15, 0.2) is 0 Å². The molecule has 25 heavy (non-hydrogen) atoms. The second kappa shape index (κ2) is 9.71. The lowest BCUT2D eigenvalue weighted by molar-refractivity contribution is 0.0853. The summed E-state index contributed by atoms with van der Waals surface area (Å²) in [5.41, 5.74) is 2.72. The van der Waals surface area contributed by atoms with E-state index < -0.39 is 5.67 Å². The van der Waals surface area contributed by atoms with Gasteiger partial charge in [-0.15, -0.1) is 0 Å². The standard InChI is InChI=1S/C16H21FN2.C3H7N.C2H6/c1-11-8-13-12-6-4-5-7-14(12)18-15(13)9-19(11)10-16(2,3)17;1-3-4-2;1-2/h4-7,11,18H,8-10H2,1-3H3;3H,1-2H3;1-2H3. The van der Waals surface area contributed by atoms with E-state index in [0.717, 1.165) is 13.0 Å². The number of aromatic amines is 1. The number of para-hydroxylation sites is 1. The largest absolute Gasteiger partial charge is 0.357 e. The molecule has 2 heterocycles. The maximum Gasteiger partial charge on any atom is 0.118 e. The molecule has 1 unspecified atom stereocenters. The SMILES string of the molecule is CC.CC1Cc2c([nH]c3ccccc23)CN1CC(C)(C)F.CC=NC. The number of H-pyrrole nitrogens is 1. The molecule has 1 aromatic heterocycles. The first-order valence-electron chi connectivity index (χ1n) is 9.24. The van der Waals surface area contributed by atoms with Gasteiger partial charge in [-0.25, -0.2) is 4.39 Å². The van der Waals surface area contributed by atoms with E-state index in [2.05, 4.69) is 46.1 Å². The first kappa shape index (κ1) is 21.4. The minimum atomic E-state index is -1.14. The summed E-state index contributed by atoms with van der Waals surface area (Å²) < 4.78 is 13.9. The molecular weight excluding hydrogens is 313 g/mol. The smallest absolute Gasteiger partial charge is 0.118 e. The molecule has 3 nitrogen and oxygen atoms in total. The van der Waals surface area contributed by atoms with Gasteiger partial charge >= 0.3 is 0 Å². The van der Waals surface area contributed by atoms with Crippen LogP contribution in [-0.4, -0.2) is 41.4 Å². The van der Waals surface area contributed by atoms with Gasteiger partial charge in [-0.1, -0.05) is 32.0 Å². The van der Waals surface area contributed by atoms with Crippen LogP contribution in [0.2, 0.25) is 0 Å². The lowest BCUT2D eigenvalue weighted by atomic mass is 9.96. The van der Waals surface area contributed by atoms with Crippen molar-refractivity contribution in [1.29, 1.82) is 0 Å². The lowest BCUT2D eigenvalue weighted by Crippen LogP contribution is -2.44. The lowest BCUT2D eigenvalue weighted by Gasteiger charge is -2.36. The molecular formula is C21H34FN3. The first-order valence-corrected chi connectivity index (χ1v) is 9.24. The van der Waals surface area contributed by atoms with Gasteiger partial charge in [0.2, 0.25) is 0 Å². The monoisotopic (exact) mass is 347 g/mol. The second-order valence-electron chi connectivity index (χ2n) is 6.82. The predicted octanol–water partition coefficient (Wildman–Crippen LogP) is 5.40. The van der Waals surface area contributed by atoms with Crippen LogP contribution in [0.5, 0.6) is 0 Å². The van der Waals surface area contributed by atoms with Crippen LogP contribution in [0.25, 0.3) is 10.9 Å². The Balaban J connectivity index is 0.000000461. The molecule has 0 fully saturated rings. The van der Waals surface area contributed by atoms with E-state index in [4.69, 9.17) is 0 Å². The summed E-state index contributed by atoms with van der Waals surface area (Å²) in [7, 11) is 1.75. The Morgan fingerprint density at radius 1 is 1.32 bits per heavy atom. The molecule has 0 saturated heterocycles. The molecule has 0 amide bonds. The normalized spacial score (nSPS) is 17.5. The zero-order valence-corrected chi connectivity index (χ0v) is 16.9. The Morgan fingerprint density at radius 2 is 1.92 bits per heavy atom. The summed E-state index contributed by atoms with van der Waals surface area (Å²) in [6.07, 6.45) is 2.75. The third-order valence-electron chi connectivity index (χ3n) is 4.22. The molecule has 140 valence electrons. The summed E-state index contributed by atoms with van der Waals surface area (Å²) in [5, 5.41) is 1.32. The summed E-state index contributed by atoms with van der Waals surface area (Å²) in [4.78, 5) is 9.33. The highest BCUT2D eigenvalue weighted by Crippen LogP contribution is 2.31. The number of aromatic nitrogens is 1. The van der Waals surface area contributed by atoms with Crippen molar-refractivity contribution >= 4 is 17.1 Å². The number of halogens is 1. The molecule has 0 saturated carbocycles. The van der Waals surface area contributed by atoms with Gasteiger partial charge < -0.3 is 9.98 Å². The Bertz CT molecular complexity index is 663. The van der Waals surface area contributed by atoms with E-state index in [1.807, 2.05) is 20.8 Å². The maximum absolute atomic E-state index is 13.9. The van der Waals surface area contributed by atoms with Crippen molar-refractivity contribution in [2.75, 3.05) is 13.6 Å². The van der Waals surface area contributed by atoms with Gasteiger partial charge in [0.05, 0.1) is 0 Å². The van der Waals surface area contributed by atoms with Crippen molar-refractivity contribution in [2.24, 2.45) is 4.99 Å². The van der Waals surface area contributed by atoms with Crippen molar-refractivity contribution in [1.82, 2.24) is 9.88 Å². The number of fused-ring (bicyclic) bond motifs is 3. The van der Waals surface area contributed by atoms with E-state index in [1.165, 1.54) is 22.2 Å². The Labute approximate surface area is 152 Å². The molecule has 1 aromatic carbocycles. The van der Waals surface area contributed by atoms with Crippen molar-refractivity contribution in [3.8, 4) is 0 Å². The molecule has 0 bridgehead atoms. The fourth-order valence-electron chi connectivity index (χ4n) is 3.10. The van der Waals surface area contributed by atoms with Crippen molar-refractivity contribution in [3.05, 3.63) is 35.5 Å². The minimum absolute atomic E-state index is 0.390. The molecule has 1 atom stereocenters. The Kier molecular flexibility index (Phi) is 8.30. The molecule has 0 radical (unpaired) electrons. The highest BCUT2D eigenvalue weighted by Gasteiger charge is 2.30. The zero-order valence-electron chi connectivity index (χ0n) is 16.9. The molecule has 0 aliphatic carbocycles. The van der Waals surface area contributed by atoms with Gasteiger partial charge in [0.25, 0.3) is 0 Å². The number of alkyl halides is 1. The number of hydrogen-bond donors (Lipinski definition) is 1. The van der Waals surface area contributed by atoms with Crippen LogP contribution in [0.15, 0.2) is 29.3 Å². The fraction of sp³-hybridized carbons (Fsp3) is 0.571. The highest BCUT2D eigenvalue weighted by atomic mass is 19.1. The van der Waals surface area contributed by atoms with E-state index >= 15 is 0 Å². The van der Waals surface area contributed by atoms with Gasteiger partial charge in [-0.2, -0.15) is 0 Å². The number of hydrogen-bond acceptors (Lipinski definition) is 2. The minimum Gasteiger partial charge on any atom is -0.357 e. The molecule has 1 aliphatic rings. The van der Waals surface area contributed by atoms with Crippen LogP contribution in [0.1, 0.15) is 52.8 Å². The maximum atomic E-state index is 13.9. The summed E-state index contributed by atoms with van der Waals surface area (Å²) in [6, 6.07) is 8.81. The number of nitrogens with one attached hydrogen (secondary N) is 1. The first-order chi connectivity index (χ1) is 11.9. The molecule has 3 rings (SSSR count). The average Bonchev–Trinajstić information content (AvgIpc) is 2.93. The number of benzene rings is 1. The average molecular weight is 348 g/mol. The number of rotatable bonds is 2. The molecule has 2 aromatic rings. The number of aliphatic imine (C=N–C) groups is 1. The third kappa shape index (κ3) is 5.96. The molecule has 4 heteroatoms. The van der Waals surface area contributed by atoms with Gasteiger partial charge in [-0.05, 0) is 52.0 Å². The summed E-state index contributed by atoms with van der Waals surface area (Å²) in [6.45, 7) is 12.7. The molecule has 1 aliphatic heterocycles. The van der Waals surface area contributed by atoms with E-state index in [-0.39, 0.29) is 0 Å². The van der Waals surface area contributed by atoms with Gasteiger partial charge in [0, 0.05) is 42.8 Å².